The van der Waals surface area contributed by atoms with E-state index in [1.807, 2.05) is 0 Å². The van der Waals surface area contributed by atoms with Gasteiger partial charge in [0.15, 0.2) is 0 Å². The average Bonchev–Trinajstić information content (AvgIpc) is 2.66. The molecule has 0 saturated carbocycles. The molecule has 2 aromatic carbocycles. The van der Waals surface area contributed by atoms with Crippen LogP contribution in [0.4, 0.5) is 5.69 Å². The first-order chi connectivity index (χ1) is 12.9. The Morgan fingerprint density at radius 1 is 1.19 bits per heavy atom. The lowest BCUT2D eigenvalue weighted by Gasteiger charge is -2.13. The van der Waals surface area contributed by atoms with Crippen LogP contribution >= 0.6 is 15.9 Å². The Bertz CT molecular complexity index is 789. The molecule has 0 fully saturated rings. The number of carboxylic acid groups (broad SMARTS) is 1. The van der Waals surface area contributed by atoms with Gasteiger partial charge in [0.2, 0.25) is 0 Å². The molecule has 2 N–H and O–H groups in total. The van der Waals surface area contributed by atoms with Crippen LogP contribution in [0.1, 0.15) is 53.8 Å². The molecular formula is C21H24BrNO4. The van der Waals surface area contributed by atoms with Gasteiger partial charge in [0.05, 0.1) is 17.9 Å². The van der Waals surface area contributed by atoms with E-state index in [9.17, 15) is 14.7 Å². The van der Waals surface area contributed by atoms with E-state index in [0.717, 1.165) is 6.42 Å². The Morgan fingerprint density at radius 2 is 1.89 bits per heavy atom. The number of hydrogen-bond acceptors (Lipinski definition) is 3. The van der Waals surface area contributed by atoms with Crippen molar-refractivity contribution >= 4 is 33.5 Å². The molecule has 2 aromatic rings. The first-order valence-corrected chi connectivity index (χ1v) is 9.77. The zero-order chi connectivity index (χ0) is 19.8. The summed E-state index contributed by atoms with van der Waals surface area (Å²) in [6.45, 7) is 4.98. The molecule has 0 saturated heterocycles. The van der Waals surface area contributed by atoms with E-state index in [2.05, 4.69) is 35.1 Å². The second-order valence-corrected chi connectivity index (χ2v) is 7.45. The molecule has 1 amide bonds. The average molecular weight is 434 g/mol. The highest BCUT2D eigenvalue weighted by molar-refractivity contribution is 9.10. The molecule has 6 heteroatoms. The third-order valence-corrected chi connectivity index (χ3v) is 4.65. The van der Waals surface area contributed by atoms with E-state index in [1.165, 1.54) is 18.9 Å². The van der Waals surface area contributed by atoms with Crippen LogP contribution in [0.5, 0.6) is 5.75 Å². The highest BCUT2D eigenvalue weighted by Crippen LogP contribution is 2.22. The summed E-state index contributed by atoms with van der Waals surface area (Å²) in [4.78, 5) is 23.8. The van der Waals surface area contributed by atoms with Gasteiger partial charge in [0.25, 0.3) is 5.91 Å². The molecule has 1 atom stereocenters. The second kappa shape index (κ2) is 10.1. The number of ether oxygens (including phenoxy) is 1. The zero-order valence-corrected chi connectivity index (χ0v) is 17.1. The Morgan fingerprint density at radius 3 is 2.52 bits per heavy atom. The predicted octanol–water partition coefficient (Wildman–Crippen LogP) is 5.60. The summed E-state index contributed by atoms with van der Waals surface area (Å²) in [7, 11) is 0. The summed E-state index contributed by atoms with van der Waals surface area (Å²) >= 11 is 3.23. The normalized spacial score (nSPS) is 11.7. The monoisotopic (exact) mass is 433 g/mol. The van der Waals surface area contributed by atoms with Crippen molar-refractivity contribution in [3.8, 4) is 5.75 Å². The van der Waals surface area contributed by atoms with Crippen molar-refractivity contribution in [3.05, 3.63) is 58.1 Å². The minimum atomic E-state index is -1.10. The number of halogens is 1. The molecule has 2 rings (SSSR count). The number of anilines is 1. The first kappa shape index (κ1) is 21.0. The quantitative estimate of drug-likeness (QED) is 0.538. The molecule has 0 aliphatic carbocycles. The lowest BCUT2D eigenvalue weighted by atomic mass is 10.1. The van der Waals surface area contributed by atoms with Crippen molar-refractivity contribution in [2.75, 3.05) is 11.9 Å². The third kappa shape index (κ3) is 6.40. The van der Waals surface area contributed by atoms with E-state index < -0.39 is 5.97 Å². The number of rotatable bonds is 9. The molecule has 0 aliphatic rings. The molecule has 27 heavy (non-hydrogen) atoms. The smallest absolute Gasteiger partial charge is 0.337 e. The molecule has 1 unspecified atom stereocenters. The topological polar surface area (TPSA) is 75.6 Å². The number of carbonyl (C=O) groups excluding carboxylic acids is 1. The fourth-order valence-electron chi connectivity index (χ4n) is 2.57. The van der Waals surface area contributed by atoms with Crippen LogP contribution in [0, 0.1) is 5.92 Å². The van der Waals surface area contributed by atoms with Crippen LogP contribution in [0.25, 0.3) is 0 Å². The van der Waals surface area contributed by atoms with Gasteiger partial charge in [-0.1, -0.05) is 42.6 Å². The van der Waals surface area contributed by atoms with Crippen molar-refractivity contribution in [1.29, 1.82) is 0 Å². The number of unbranched alkanes of at least 4 members (excludes halogenated alkanes) is 1. The van der Waals surface area contributed by atoms with Crippen molar-refractivity contribution in [2.45, 2.75) is 33.1 Å². The Labute approximate surface area is 167 Å². The molecule has 0 heterocycles. The van der Waals surface area contributed by atoms with Gasteiger partial charge in [0, 0.05) is 10.0 Å². The van der Waals surface area contributed by atoms with E-state index in [0.29, 0.717) is 28.3 Å². The number of carboxylic acids is 1. The minimum absolute atomic E-state index is 0.0266. The minimum Gasteiger partial charge on any atom is -0.493 e. The van der Waals surface area contributed by atoms with Gasteiger partial charge >= 0.3 is 5.97 Å². The molecule has 0 aromatic heterocycles. The predicted molar refractivity (Wildman–Crippen MR) is 110 cm³/mol. The molecule has 144 valence electrons. The number of benzene rings is 2. The molecule has 0 bridgehead atoms. The van der Waals surface area contributed by atoms with Crippen LogP contribution in [0.2, 0.25) is 0 Å². The standard InChI is InChI=1S/C21H24BrNO4/c1-3-4-5-14(2)13-27-17-9-6-15(7-10-17)20(24)23-19-11-8-16(22)12-18(19)21(25)26/h6-12,14H,3-5,13H2,1-2H3,(H,23,24)(H,25,26). The largest absolute Gasteiger partial charge is 0.493 e. The van der Waals surface area contributed by atoms with E-state index >= 15 is 0 Å². The van der Waals surface area contributed by atoms with Crippen LogP contribution in [-0.4, -0.2) is 23.6 Å². The van der Waals surface area contributed by atoms with E-state index in [4.69, 9.17) is 4.74 Å². The molecule has 5 nitrogen and oxygen atoms in total. The Hall–Kier alpha value is -2.34. The maximum Gasteiger partial charge on any atom is 0.337 e. The summed E-state index contributed by atoms with van der Waals surface area (Å²) in [5.74, 6) is -0.278. The highest BCUT2D eigenvalue weighted by atomic mass is 79.9. The zero-order valence-electron chi connectivity index (χ0n) is 15.5. The van der Waals surface area contributed by atoms with Gasteiger partial charge in [-0.2, -0.15) is 0 Å². The second-order valence-electron chi connectivity index (χ2n) is 6.53. The number of nitrogens with one attached hydrogen (secondary N) is 1. The fourth-order valence-corrected chi connectivity index (χ4v) is 2.93. The van der Waals surface area contributed by atoms with Crippen molar-refractivity contribution in [1.82, 2.24) is 0 Å². The van der Waals surface area contributed by atoms with Crippen LogP contribution < -0.4 is 10.1 Å². The summed E-state index contributed by atoms with van der Waals surface area (Å²) in [6.07, 6.45) is 3.50. The van der Waals surface area contributed by atoms with Crippen LogP contribution in [0.3, 0.4) is 0 Å². The van der Waals surface area contributed by atoms with Gasteiger partial charge in [-0.15, -0.1) is 0 Å². The number of aromatic carboxylic acids is 1. The van der Waals surface area contributed by atoms with Crippen LogP contribution in [-0.2, 0) is 0 Å². The number of amides is 1. The molecular weight excluding hydrogens is 410 g/mol. The highest BCUT2D eigenvalue weighted by Gasteiger charge is 2.14. The molecule has 0 aliphatic heterocycles. The van der Waals surface area contributed by atoms with Gasteiger partial charge in [0.1, 0.15) is 5.75 Å². The summed E-state index contributed by atoms with van der Waals surface area (Å²) in [5.41, 5.74) is 0.708. The van der Waals surface area contributed by atoms with Gasteiger partial charge in [-0.3, -0.25) is 4.79 Å². The lowest BCUT2D eigenvalue weighted by Crippen LogP contribution is -2.15. The maximum atomic E-state index is 12.4. The van der Waals surface area contributed by atoms with Crippen molar-refractivity contribution < 1.29 is 19.4 Å². The molecule has 0 spiro atoms. The van der Waals surface area contributed by atoms with Crippen LogP contribution in [0.15, 0.2) is 46.9 Å². The number of hydrogen-bond donors (Lipinski definition) is 2. The Balaban J connectivity index is 1.99. The maximum absolute atomic E-state index is 12.4. The summed E-state index contributed by atoms with van der Waals surface area (Å²) in [5, 5.41) is 11.9. The van der Waals surface area contributed by atoms with E-state index in [-0.39, 0.29) is 17.2 Å². The van der Waals surface area contributed by atoms with E-state index in [1.54, 1.807) is 36.4 Å². The van der Waals surface area contributed by atoms with Gasteiger partial charge < -0.3 is 15.2 Å². The van der Waals surface area contributed by atoms with Gasteiger partial charge in [-0.05, 0) is 54.8 Å². The summed E-state index contributed by atoms with van der Waals surface area (Å²) in [6, 6.07) is 11.5. The van der Waals surface area contributed by atoms with Crippen molar-refractivity contribution in [2.24, 2.45) is 5.92 Å². The lowest BCUT2D eigenvalue weighted by molar-refractivity contribution is 0.0698. The summed E-state index contributed by atoms with van der Waals surface area (Å²) < 4.78 is 6.40. The Kier molecular flexibility index (Phi) is 7.85. The fraction of sp³-hybridized carbons (Fsp3) is 0.333. The SMILES string of the molecule is CCCCC(C)COc1ccc(C(=O)Nc2ccc(Br)cc2C(=O)O)cc1. The molecule has 0 radical (unpaired) electrons. The third-order valence-electron chi connectivity index (χ3n) is 4.16. The van der Waals surface area contributed by atoms with Gasteiger partial charge in [-0.25, -0.2) is 4.79 Å². The van der Waals surface area contributed by atoms with Crippen molar-refractivity contribution in [3.63, 3.8) is 0 Å². The number of carbonyl (C=O) groups is 2. The first-order valence-electron chi connectivity index (χ1n) is 8.97.